The van der Waals surface area contributed by atoms with Crippen molar-refractivity contribution in [3.8, 4) is 0 Å². The van der Waals surface area contributed by atoms with E-state index in [0.29, 0.717) is 23.7 Å². The number of nitrogens with zero attached hydrogens (tertiary/aromatic N) is 5. The van der Waals surface area contributed by atoms with E-state index in [9.17, 15) is 9.59 Å². The van der Waals surface area contributed by atoms with Crippen molar-refractivity contribution >= 4 is 22.8 Å². The van der Waals surface area contributed by atoms with Crippen molar-refractivity contribution in [3.63, 3.8) is 0 Å². The summed E-state index contributed by atoms with van der Waals surface area (Å²) in [6.07, 6.45) is 2.46. The second-order valence-electron chi connectivity index (χ2n) is 6.63. The third-order valence-electron chi connectivity index (χ3n) is 4.84. The van der Waals surface area contributed by atoms with E-state index in [1.807, 2.05) is 29.7 Å². The van der Waals surface area contributed by atoms with Gasteiger partial charge in [-0.25, -0.2) is 4.79 Å². The molecule has 134 valence electrons. The molecule has 7 nitrogen and oxygen atoms in total. The highest BCUT2D eigenvalue weighted by atomic mass is 16.2. The topological polar surface area (TPSA) is 65.1 Å². The van der Waals surface area contributed by atoms with Crippen molar-refractivity contribution in [2.24, 2.45) is 7.05 Å². The number of fused-ring (bicyclic) bond motifs is 3. The Balaban J connectivity index is 2.01. The number of anilines is 2. The molecule has 0 amide bonds. The van der Waals surface area contributed by atoms with Crippen LogP contribution >= 0.6 is 0 Å². The van der Waals surface area contributed by atoms with Crippen molar-refractivity contribution in [1.29, 1.82) is 0 Å². The van der Waals surface area contributed by atoms with Crippen LogP contribution in [0.2, 0.25) is 0 Å². The summed E-state index contributed by atoms with van der Waals surface area (Å²) in [5.74, 6) is 0.709. The first kappa shape index (κ1) is 16.4. The zero-order valence-corrected chi connectivity index (χ0v) is 15.0. The second-order valence-corrected chi connectivity index (χ2v) is 6.63. The summed E-state index contributed by atoms with van der Waals surface area (Å²) < 4.78 is 4.58. The van der Waals surface area contributed by atoms with Crippen molar-refractivity contribution < 1.29 is 0 Å². The van der Waals surface area contributed by atoms with E-state index >= 15 is 0 Å². The third-order valence-corrected chi connectivity index (χ3v) is 4.84. The Bertz CT molecular complexity index is 1140. The summed E-state index contributed by atoms with van der Waals surface area (Å²) >= 11 is 0. The molecular weight excluding hydrogens is 330 g/mol. The van der Waals surface area contributed by atoms with E-state index in [1.54, 1.807) is 13.1 Å². The summed E-state index contributed by atoms with van der Waals surface area (Å²) in [6, 6.07) is 8.20. The first-order valence-electron chi connectivity index (χ1n) is 8.68. The number of aryl methyl sites for hydroxylation is 3. The van der Waals surface area contributed by atoms with Gasteiger partial charge < -0.3 is 9.47 Å². The SMILES string of the molecule is C=CCn1c(=O)c2c(nc3n2CCCN3c2cccc(C)c2)n(C)c1=O. The number of hydrogen-bond acceptors (Lipinski definition) is 4. The van der Waals surface area contributed by atoms with Crippen LogP contribution in [0.5, 0.6) is 0 Å². The Morgan fingerprint density at radius 3 is 2.81 bits per heavy atom. The lowest BCUT2D eigenvalue weighted by Crippen LogP contribution is -2.39. The Labute approximate surface area is 150 Å². The summed E-state index contributed by atoms with van der Waals surface area (Å²) in [5.41, 5.74) is 2.41. The van der Waals surface area contributed by atoms with Gasteiger partial charge in [0.15, 0.2) is 11.2 Å². The van der Waals surface area contributed by atoms with Gasteiger partial charge in [-0.1, -0.05) is 18.2 Å². The van der Waals surface area contributed by atoms with Crippen LogP contribution in [-0.4, -0.2) is 25.2 Å². The molecule has 0 saturated heterocycles. The average Bonchev–Trinajstić information content (AvgIpc) is 3.03. The summed E-state index contributed by atoms with van der Waals surface area (Å²) in [6.45, 7) is 7.40. The van der Waals surface area contributed by atoms with Gasteiger partial charge in [0.25, 0.3) is 5.56 Å². The molecule has 0 atom stereocenters. The molecule has 0 unspecified atom stereocenters. The quantitative estimate of drug-likeness (QED) is 0.677. The van der Waals surface area contributed by atoms with Crippen LogP contribution in [0.4, 0.5) is 11.6 Å². The maximum absolute atomic E-state index is 12.9. The maximum Gasteiger partial charge on any atom is 0.332 e. The highest BCUT2D eigenvalue weighted by Gasteiger charge is 2.26. The molecule has 0 N–H and O–H groups in total. The fraction of sp³-hybridized carbons (Fsp3) is 0.316. The van der Waals surface area contributed by atoms with Gasteiger partial charge in [-0.3, -0.25) is 13.9 Å². The molecule has 0 bridgehead atoms. The van der Waals surface area contributed by atoms with Crippen molar-refractivity contribution in [1.82, 2.24) is 18.7 Å². The van der Waals surface area contributed by atoms with Gasteiger partial charge in [0.2, 0.25) is 5.95 Å². The molecule has 0 saturated carbocycles. The Morgan fingerprint density at radius 1 is 1.27 bits per heavy atom. The van der Waals surface area contributed by atoms with E-state index in [1.165, 1.54) is 9.13 Å². The lowest BCUT2D eigenvalue weighted by atomic mass is 10.2. The first-order chi connectivity index (χ1) is 12.5. The van der Waals surface area contributed by atoms with Crippen molar-refractivity contribution in [3.05, 3.63) is 63.3 Å². The van der Waals surface area contributed by atoms with Gasteiger partial charge in [0.1, 0.15) is 0 Å². The predicted molar refractivity (Wildman–Crippen MR) is 102 cm³/mol. The number of allylic oxidation sites excluding steroid dienone is 1. The molecule has 2 aromatic heterocycles. The van der Waals surface area contributed by atoms with Gasteiger partial charge in [-0.15, -0.1) is 6.58 Å². The molecule has 1 aromatic carbocycles. The first-order valence-corrected chi connectivity index (χ1v) is 8.68. The molecule has 1 aliphatic rings. The number of hydrogen-bond donors (Lipinski definition) is 0. The summed E-state index contributed by atoms with van der Waals surface area (Å²) in [7, 11) is 1.65. The minimum absolute atomic E-state index is 0.184. The molecule has 0 radical (unpaired) electrons. The van der Waals surface area contributed by atoms with Crippen LogP contribution < -0.4 is 16.1 Å². The third kappa shape index (κ3) is 2.31. The monoisotopic (exact) mass is 351 g/mol. The Kier molecular flexibility index (Phi) is 3.79. The number of aromatic nitrogens is 4. The zero-order chi connectivity index (χ0) is 18.4. The molecule has 3 heterocycles. The minimum atomic E-state index is -0.375. The molecule has 4 rings (SSSR count). The fourth-order valence-corrected chi connectivity index (χ4v) is 3.60. The number of rotatable bonds is 3. The van der Waals surface area contributed by atoms with Crippen molar-refractivity contribution in [2.45, 2.75) is 26.4 Å². The number of benzene rings is 1. The fourth-order valence-electron chi connectivity index (χ4n) is 3.60. The Morgan fingerprint density at radius 2 is 2.08 bits per heavy atom. The second kappa shape index (κ2) is 6.01. The van der Waals surface area contributed by atoms with Crippen LogP contribution in [-0.2, 0) is 20.1 Å². The molecular formula is C19H21N5O2. The van der Waals surface area contributed by atoms with Gasteiger partial charge in [-0.05, 0) is 31.0 Å². The molecule has 3 aromatic rings. The summed E-state index contributed by atoms with van der Waals surface area (Å²) in [4.78, 5) is 32.2. The van der Waals surface area contributed by atoms with Gasteiger partial charge >= 0.3 is 5.69 Å². The standard InChI is InChI=1S/C19H21N5O2/c1-4-9-24-17(25)15-16(21(3)19(24)26)20-18-22(10-6-11-23(15)18)14-8-5-7-13(2)12-14/h4-5,7-8,12H,1,6,9-11H2,2-3H3. The maximum atomic E-state index is 12.9. The molecule has 7 heteroatoms. The van der Waals surface area contributed by atoms with Crippen LogP contribution in [0.25, 0.3) is 11.2 Å². The molecule has 1 aliphatic heterocycles. The smallest absolute Gasteiger partial charge is 0.312 e. The molecule has 0 spiro atoms. The predicted octanol–water partition coefficient (Wildman–Crippen LogP) is 1.93. The minimum Gasteiger partial charge on any atom is -0.312 e. The van der Waals surface area contributed by atoms with Gasteiger partial charge in [0.05, 0.1) is 0 Å². The molecule has 0 fully saturated rings. The average molecular weight is 351 g/mol. The van der Waals surface area contributed by atoms with E-state index in [0.717, 1.165) is 24.2 Å². The van der Waals surface area contributed by atoms with Crippen LogP contribution in [0.3, 0.4) is 0 Å². The molecule has 0 aliphatic carbocycles. The lowest BCUT2D eigenvalue weighted by Gasteiger charge is -2.29. The normalized spacial score (nSPS) is 13.8. The molecule has 26 heavy (non-hydrogen) atoms. The largest absolute Gasteiger partial charge is 0.332 e. The number of imidazole rings is 1. The van der Waals surface area contributed by atoms with Gasteiger partial charge in [0, 0.05) is 32.4 Å². The highest BCUT2D eigenvalue weighted by Crippen LogP contribution is 2.31. The van der Waals surface area contributed by atoms with E-state index in [2.05, 4.69) is 22.5 Å². The van der Waals surface area contributed by atoms with Gasteiger partial charge in [-0.2, -0.15) is 4.98 Å². The Hall–Kier alpha value is -3.09. The van der Waals surface area contributed by atoms with Crippen LogP contribution in [0.15, 0.2) is 46.5 Å². The lowest BCUT2D eigenvalue weighted by molar-refractivity contribution is 0.598. The van der Waals surface area contributed by atoms with Crippen molar-refractivity contribution in [2.75, 3.05) is 11.4 Å². The summed E-state index contributed by atoms with van der Waals surface area (Å²) in [5, 5.41) is 0. The van der Waals surface area contributed by atoms with Crippen LogP contribution in [0.1, 0.15) is 12.0 Å². The zero-order valence-electron chi connectivity index (χ0n) is 15.0. The van der Waals surface area contributed by atoms with E-state index < -0.39 is 0 Å². The van der Waals surface area contributed by atoms with E-state index in [4.69, 9.17) is 0 Å². The highest BCUT2D eigenvalue weighted by molar-refractivity contribution is 5.77. The van der Waals surface area contributed by atoms with Crippen LogP contribution in [0, 0.1) is 6.92 Å². The van der Waals surface area contributed by atoms with E-state index in [-0.39, 0.29) is 17.8 Å².